The largest absolute Gasteiger partial charge is 0.396 e. The van der Waals surface area contributed by atoms with Crippen LogP contribution in [0.15, 0.2) is 29.8 Å². The van der Waals surface area contributed by atoms with Crippen LogP contribution in [0.1, 0.15) is 15.2 Å². The van der Waals surface area contributed by atoms with Gasteiger partial charge in [0.15, 0.2) is 0 Å². The molecule has 0 atom stereocenters. The predicted molar refractivity (Wildman–Crippen MR) is 78.5 cm³/mol. The van der Waals surface area contributed by atoms with E-state index in [1.807, 2.05) is 24.4 Å². The topological polar surface area (TPSA) is 80.0 Å². The van der Waals surface area contributed by atoms with Crippen LogP contribution in [-0.4, -0.2) is 24.0 Å². The van der Waals surface area contributed by atoms with Crippen molar-refractivity contribution in [3.05, 3.63) is 40.2 Å². The van der Waals surface area contributed by atoms with Crippen LogP contribution >= 0.6 is 11.3 Å². The number of nitrogens with zero attached hydrogens (tertiary/aromatic N) is 1. The van der Waals surface area contributed by atoms with E-state index in [1.54, 1.807) is 12.3 Å². The van der Waals surface area contributed by atoms with Crippen LogP contribution in [0.3, 0.4) is 0 Å². The van der Waals surface area contributed by atoms with Crippen molar-refractivity contribution in [3.8, 4) is 0 Å². The number of nitrogen functional groups attached to an aromatic ring is 1. The maximum atomic E-state index is 11.7. The average Bonchev–Trinajstić information content (AvgIpc) is 2.90. The van der Waals surface area contributed by atoms with Gasteiger partial charge in [-0.05, 0) is 30.0 Å². The second-order valence-electron chi connectivity index (χ2n) is 4.11. The van der Waals surface area contributed by atoms with Gasteiger partial charge in [-0.25, -0.2) is 4.98 Å². The Morgan fingerprint density at radius 1 is 1.47 bits per heavy atom. The molecule has 0 fully saturated rings. The van der Waals surface area contributed by atoms with E-state index >= 15 is 0 Å². The van der Waals surface area contributed by atoms with Gasteiger partial charge in [0.1, 0.15) is 5.82 Å². The Kier molecular flexibility index (Phi) is 4.35. The molecule has 4 N–H and O–H groups in total. The van der Waals surface area contributed by atoms with Crippen molar-refractivity contribution in [2.24, 2.45) is 0 Å². The van der Waals surface area contributed by atoms with E-state index in [-0.39, 0.29) is 5.91 Å². The summed E-state index contributed by atoms with van der Waals surface area (Å²) in [7, 11) is 0. The second-order valence-corrected chi connectivity index (χ2v) is 5.06. The van der Waals surface area contributed by atoms with E-state index in [2.05, 4.69) is 15.6 Å². The minimum absolute atomic E-state index is 0.0540. The SMILES string of the molecule is Cc1cnc(NCCNC(=O)c2cccs2)c(N)c1. The molecule has 2 aromatic rings. The van der Waals surface area contributed by atoms with Crippen LogP contribution in [0.4, 0.5) is 11.5 Å². The molecule has 0 aliphatic heterocycles. The molecule has 0 unspecified atom stereocenters. The zero-order chi connectivity index (χ0) is 13.7. The lowest BCUT2D eigenvalue weighted by Gasteiger charge is -2.09. The summed E-state index contributed by atoms with van der Waals surface area (Å²) in [6, 6.07) is 5.52. The lowest BCUT2D eigenvalue weighted by molar-refractivity contribution is 0.0959. The van der Waals surface area contributed by atoms with E-state index in [0.29, 0.717) is 29.5 Å². The Labute approximate surface area is 115 Å². The van der Waals surface area contributed by atoms with Crippen molar-refractivity contribution in [3.63, 3.8) is 0 Å². The Bertz CT molecular complexity index is 554. The first-order valence-corrected chi connectivity index (χ1v) is 6.82. The van der Waals surface area contributed by atoms with Gasteiger partial charge in [-0.3, -0.25) is 4.79 Å². The summed E-state index contributed by atoms with van der Waals surface area (Å²) in [5.74, 6) is 0.595. The second kappa shape index (κ2) is 6.19. The molecule has 2 aromatic heterocycles. The maximum Gasteiger partial charge on any atom is 0.261 e. The standard InChI is InChI=1S/C13H16N4OS/c1-9-7-10(14)12(17-8-9)15-4-5-16-13(18)11-3-2-6-19-11/h2-3,6-8H,4-5,14H2,1H3,(H,15,17)(H,16,18). The zero-order valence-corrected chi connectivity index (χ0v) is 11.5. The van der Waals surface area contributed by atoms with Gasteiger partial charge in [0.05, 0.1) is 10.6 Å². The number of hydrogen-bond donors (Lipinski definition) is 3. The zero-order valence-electron chi connectivity index (χ0n) is 10.6. The first kappa shape index (κ1) is 13.4. The third kappa shape index (κ3) is 3.69. The van der Waals surface area contributed by atoms with Crippen molar-refractivity contribution in [1.82, 2.24) is 10.3 Å². The third-order valence-electron chi connectivity index (χ3n) is 2.50. The highest BCUT2D eigenvalue weighted by atomic mass is 32.1. The lowest BCUT2D eigenvalue weighted by atomic mass is 10.3. The van der Waals surface area contributed by atoms with Crippen molar-refractivity contribution < 1.29 is 4.79 Å². The number of rotatable bonds is 5. The minimum atomic E-state index is -0.0540. The van der Waals surface area contributed by atoms with Crippen LogP contribution in [0.5, 0.6) is 0 Å². The lowest BCUT2D eigenvalue weighted by Crippen LogP contribution is -2.28. The van der Waals surface area contributed by atoms with Crippen LogP contribution in [0.2, 0.25) is 0 Å². The molecule has 100 valence electrons. The smallest absolute Gasteiger partial charge is 0.261 e. The summed E-state index contributed by atoms with van der Waals surface area (Å²) in [4.78, 5) is 16.6. The fourth-order valence-electron chi connectivity index (χ4n) is 1.59. The molecule has 19 heavy (non-hydrogen) atoms. The summed E-state index contributed by atoms with van der Waals surface area (Å²) in [5.41, 5.74) is 7.47. The van der Waals surface area contributed by atoms with Gasteiger partial charge in [-0.15, -0.1) is 11.3 Å². The number of carbonyl (C=O) groups is 1. The molecular weight excluding hydrogens is 260 g/mol. The first-order chi connectivity index (χ1) is 9.16. The minimum Gasteiger partial charge on any atom is -0.396 e. The van der Waals surface area contributed by atoms with Crippen LogP contribution in [0, 0.1) is 6.92 Å². The average molecular weight is 276 g/mol. The summed E-state index contributed by atoms with van der Waals surface area (Å²) in [6.07, 6.45) is 1.75. The molecule has 2 rings (SSSR count). The van der Waals surface area contributed by atoms with Gasteiger partial charge < -0.3 is 16.4 Å². The summed E-state index contributed by atoms with van der Waals surface area (Å²) in [5, 5.41) is 7.80. The Balaban J connectivity index is 1.76. The number of hydrogen-bond acceptors (Lipinski definition) is 5. The molecule has 0 saturated carbocycles. The van der Waals surface area contributed by atoms with Gasteiger partial charge >= 0.3 is 0 Å². The fourth-order valence-corrected chi connectivity index (χ4v) is 2.23. The fraction of sp³-hybridized carbons (Fsp3) is 0.231. The van der Waals surface area contributed by atoms with E-state index in [4.69, 9.17) is 5.73 Å². The van der Waals surface area contributed by atoms with E-state index < -0.39 is 0 Å². The Hall–Kier alpha value is -2.08. The van der Waals surface area contributed by atoms with E-state index in [0.717, 1.165) is 5.56 Å². The molecule has 0 bridgehead atoms. The molecule has 0 spiro atoms. The highest BCUT2D eigenvalue weighted by Gasteiger charge is 2.05. The number of carbonyl (C=O) groups excluding carboxylic acids is 1. The summed E-state index contributed by atoms with van der Waals surface area (Å²) in [6.45, 7) is 3.04. The molecule has 0 aromatic carbocycles. The van der Waals surface area contributed by atoms with Crippen molar-refractivity contribution in [1.29, 1.82) is 0 Å². The van der Waals surface area contributed by atoms with Gasteiger partial charge in [0.25, 0.3) is 5.91 Å². The number of nitrogens with two attached hydrogens (primary N) is 1. The van der Waals surface area contributed by atoms with Crippen molar-refractivity contribution in [2.75, 3.05) is 24.1 Å². The Morgan fingerprint density at radius 2 is 2.32 bits per heavy atom. The van der Waals surface area contributed by atoms with Crippen LogP contribution in [0.25, 0.3) is 0 Å². The number of amides is 1. The molecule has 2 heterocycles. The molecule has 0 aliphatic carbocycles. The van der Waals surface area contributed by atoms with E-state index in [9.17, 15) is 4.79 Å². The molecule has 0 radical (unpaired) electrons. The summed E-state index contributed by atoms with van der Waals surface area (Å²) >= 11 is 1.42. The van der Waals surface area contributed by atoms with Crippen molar-refractivity contribution >= 4 is 28.7 Å². The van der Waals surface area contributed by atoms with Gasteiger partial charge in [-0.1, -0.05) is 6.07 Å². The number of anilines is 2. The predicted octanol–water partition coefficient (Wildman–Crippen LogP) is 1.88. The van der Waals surface area contributed by atoms with Crippen LogP contribution < -0.4 is 16.4 Å². The van der Waals surface area contributed by atoms with Gasteiger partial charge in [0, 0.05) is 19.3 Å². The first-order valence-electron chi connectivity index (χ1n) is 5.94. The van der Waals surface area contributed by atoms with E-state index in [1.165, 1.54) is 11.3 Å². The number of thiophene rings is 1. The third-order valence-corrected chi connectivity index (χ3v) is 3.37. The maximum absolute atomic E-state index is 11.7. The number of aromatic nitrogens is 1. The highest BCUT2D eigenvalue weighted by molar-refractivity contribution is 7.12. The molecule has 6 heteroatoms. The highest BCUT2D eigenvalue weighted by Crippen LogP contribution is 2.15. The number of pyridine rings is 1. The van der Waals surface area contributed by atoms with Crippen molar-refractivity contribution in [2.45, 2.75) is 6.92 Å². The molecular formula is C13H16N4OS. The normalized spacial score (nSPS) is 10.2. The van der Waals surface area contributed by atoms with Crippen LogP contribution in [-0.2, 0) is 0 Å². The monoisotopic (exact) mass is 276 g/mol. The number of nitrogens with one attached hydrogen (secondary N) is 2. The molecule has 5 nitrogen and oxygen atoms in total. The van der Waals surface area contributed by atoms with Gasteiger partial charge in [0.2, 0.25) is 0 Å². The quantitative estimate of drug-likeness (QED) is 0.728. The molecule has 1 amide bonds. The molecule has 0 aliphatic rings. The molecule has 0 saturated heterocycles. The summed E-state index contributed by atoms with van der Waals surface area (Å²) < 4.78 is 0. The Morgan fingerprint density at radius 3 is 3.00 bits per heavy atom. The number of aryl methyl sites for hydroxylation is 1. The van der Waals surface area contributed by atoms with Gasteiger partial charge in [-0.2, -0.15) is 0 Å².